The van der Waals surface area contributed by atoms with Crippen molar-refractivity contribution >= 4 is 23.4 Å². The van der Waals surface area contributed by atoms with Gasteiger partial charge in [-0.2, -0.15) is 5.26 Å². The summed E-state index contributed by atoms with van der Waals surface area (Å²) in [6, 6.07) is 21.3. The Balaban J connectivity index is 1.88. The number of benzene rings is 2. The highest BCUT2D eigenvalue weighted by atomic mass is 16.1. The highest BCUT2D eigenvalue weighted by molar-refractivity contribution is 6.09. The average molecular weight is 370 g/mol. The van der Waals surface area contributed by atoms with Gasteiger partial charge in [-0.25, -0.2) is 0 Å². The summed E-state index contributed by atoms with van der Waals surface area (Å²) in [4.78, 5) is 14.6. The van der Waals surface area contributed by atoms with Crippen molar-refractivity contribution in [3.63, 3.8) is 0 Å². The molecule has 1 heterocycles. The zero-order chi connectivity index (χ0) is 20.1. The number of nitriles is 1. The topological polar surface area (TPSA) is 61.1 Å². The highest BCUT2D eigenvalue weighted by Crippen LogP contribution is 2.20. The van der Waals surface area contributed by atoms with E-state index in [0.717, 1.165) is 22.6 Å². The summed E-state index contributed by atoms with van der Waals surface area (Å²) >= 11 is 0. The molecule has 0 atom stereocenters. The third-order valence-electron chi connectivity index (χ3n) is 4.48. The molecule has 140 valence electrons. The van der Waals surface area contributed by atoms with Gasteiger partial charge in [-0.05, 0) is 61.0 Å². The van der Waals surface area contributed by atoms with Crippen LogP contribution in [-0.2, 0) is 4.79 Å². The van der Waals surface area contributed by atoms with Gasteiger partial charge < -0.3 is 14.8 Å². The van der Waals surface area contributed by atoms with Crippen LogP contribution in [-0.4, -0.2) is 24.6 Å². The highest BCUT2D eigenvalue weighted by Gasteiger charge is 2.12. The molecule has 0 bridgehead atoms. The number of carbonyl (C=O) groups excluding carboxylic acids is 1. The molecule has 28 heavy (non-hydrogen) atoms. The Morgan fingerprint density at radius 2 is 1.79 bits per heavy atom. The second-order valence-corrected chi connectivity index (χ2v) is 6.65. The molecule has 0 saturated carbocycles. The first-order chi connectivity index (χ1) is 13.5. The van der Waals surface area contributed by atoms with E-state index in [1.807, 2.05) is 103 Å². The number of aromatic nitrogens is 1. The Bertz CT molecular complexity index is 1050. The molecule has 2 aromatic carbocycles. The molecular formula is C23H22N4O. The number of hydrogen-bond acceptors (Lipinski definition) is 3. The molecule has 1 amide bonds. The van der Waals surface area contributed by atoms with E-state index in [9.17, 15) is 10.1 Å². The molecule has 3 aromatic rings. The minimum absolute atomic E-state index is 0.0492. The molecule has 0 unspecified atom stereocenters. The number of carbonyl (C=O) groups is 1. The summed E-state index contributed by atoms with van der Waals surface area (Å²) in [5.41, 5.74) is 4.50. The molecular weight excluding hydrogens is 348 g/mol. The Morgan fingerprint density at radius 1 is 1.07 bits per heavy atom. The SMILES string of the molecule is Cc1ccccc1NC(=O)/C(C#N)=C\c1cccn1-c1ccc(N(C)C)cc1. The number of para-hydroxylation sites is 1. The van der Waals surface area contributed by atoms with Crippen molar-refractivity contribution in [1.82, 2.24) is 4.57 Å². The van der Waals surface area contributed by atoms with Gasteiger partial charge in [-0.3, -0.25) is 4.79 Å². The molecule has 0 radical (unpaired) electrons. The summed E-state index contributed by atoms with van der Waals surface area (Å²) < 4.78 is 1.94. The molecule has 0 aliphatic heterocycles. The number of amides is 1. The van der Waals surface area contributed by atoms with Crippen LogP contribution in [0.5, 0.6) is 0 Å². The van der Waals surface area contributed by atoms with Crippen LogP contribution in [0.3, 0.4) is 0 Å². The maximum atomic E-state index is 12.6. The molecule has 5 heteroatoms. The van der Waals surface area contributed by atoms with Crippen molar-refractivity contribution in [3.8, 4) is 11.8 Å². The lowest BCUT2D eigenvalue weighted by Crippen LogP contribution is -2.14. The normalized spacial score (nSPS) is 11.0. The second kappa shape index (κ2) is 8.28. The molecule has 0 saturated heterocycles. The maximum absolute atomic E-state index is 12.6. The van der Waals surface area contributed by atoms with Gasteiger partial charge in [0.05, 0.1) is 0 Å². The number of nitrogens with one attached hydrogen (secondary N) is 1. The fourth-order valence-corrected chi connectivity index (χ4v) is 2.86. The van der Waals surface area contributed by atoms with Crippen LogP contribution in [0.2, 0.25) is 0 Å². The number of rotatable bonds is 5. The largest absolute Gasteiger partial charge is 0.378 e. The Labute approximate surface area is 165 Å². The minimum atomic E-state index is -0.424. The van der Waals surface area contributed by atoms with Crippen LogP contribution in [0.15, 0.2) is 72.4 Å². The van der Waals surface area contributed by atoms with E-state index >= 15 is 0 Å². The van der Waals surface area contributed by atoms with Crippen LogP contribution in [0, 0.1) is 18.3 Å². The van der Waals surface area contributed by atoms with E-state index in [1.165, 1.54) is 0 Å². The average Bonchev–Trinajstić information content (AvgIpc) is 3.16. The monoisotopic (exact) mass is 370 g/mol. The molecule has 3 rings (SSSR count). The van der Waals surface area contributed by atoms with Gasteiger partial charge in [0.15, 0.2) is 0 Å². The molecule has 0 fully saturated rings. The van der Waals surface area contributed by atoms with E-state index < -0.39 is 5.91 Å². The predicted octanol–water partition coefficient (Wildman–Crippen LogP) is 4.40. The van der Waals surface area contributed by atoms with Crippen molar-refractivity contribution in [2.75, 3.05) is 24.3 Å². The number of nitrogens with zero attached hydrogens (tertiary/aromatic N) is 3. The van der Waals surface area contributed by atoms with Crippen molar-refractivity contribution < 1.29 is 4.79 Å². The molecule has 1 N–H and O–H groups in total. The maximum Gasteiger partial charge on any atom is 0.266 e. The van der Waals surface area contributed by atoms with Crippen molar-refractivity contribution in [3.05, 3.63) is 83.7 Å². The van der Waals surface area contributed by atoms with Gasteiger partial charge in [0.1, 0.15) is 11.6 Å². The second-order valence-electron chi connectivity index (χ2n) is 6.65. The van der Waals surface area contributed by atoms with Crippen LogP contribution in [0.1, 0.15) is 11.3 Å². The van der Waals surface area contributed by atoms with Crippen LogP contribution in [0.25, 0.3) is 11.8 Å². The summed E-state index contributed by atoms with van der Waals surface area (Å²) in [5.74, 6) is -0.424. The lowest BCUT2D eigenvalue weighted by atomic mass is 10.1. The number of hydrogen-bond donors (Lipinski definition) is 1. The molecule has 1 aromatic heterocycles. The molecule has 0 aliphatic rings. The minimum Gasteiger partial charge on any atom is -0.378 e. The summed E-state index contributed by atoms with van der Waals surface area (Å²) in [6.45, 7) is 1.91. The fourth-order valence-electron chi connectivity index (χ4n) is 2.86. The molecule has 0 spiro atoms. The molecule has 5 nitrogen and oxygen atoms in total. The van der Waals surface area contributed by atoms with E-state index in [2.05, 4.69) is 5.32 Å². The molecule has 0 aliphatic carbocycles. The van der Waals surface area contributed by atoms with Gasteiger partial charge >= 0.3 is 0 Å². The van der Waals surface area contributed by atoms with Crippen molar-refractivity contribution in [2.45, 2.75) is 6.92 Å². The first-order valence-corrected chi connectivity index (χ1v) is 8.93. The lowest BCUT2D eigenvalue weighted by Gasteiger charge is -2.14. The number of aryl methyl sites for hydroxylation is 1. The fraction of sp³-hybridized carbons (Fsp3) is 0.130. The zero-order valence-electron chi connectivity index (χ0n) is 16.2. The number of anilines is 2. The van der Waals surface area contributed by atoms with Crippen LogP contribution < -0.4 is 10.2 Å². The summed E-state index contributed by atoms with van der Waals surface area (Å²) in [6.07, 6.45) is 3.51. The summed E-state index contributed by atoms with van der Waals surface area (Å²) in [5, 5.41) is 12.3. The van der Waals surface area contributed by atoms with E-state index in [0.29, 0.717) is 5.69 Å². The van der Waals surface area contributed by atoms with Crippen LogP contribution >= 0.6 is 0 Å². The van der Waals surface area contributed by atoms with Crippen LogP contribution in [0.4, 0.5) is 11.4 Å². The van der Waals surface area contributed by atoms with Gasteiger partial charge in [-0.1, -0.05) is 18.2 Å². The lowest BCUT2D eigenvalue weighted by molar-refractivity contribution is -0.112. The Kier molecular flexibility index (Phi) is 5.61. The van der Waals surface area contributed by atoms with Crippen molar-refractivity contribution in [2.24, 2.45) is 0 Å². The standard InChI is InChI=1S/C23H22N4O/c1-17-7-4-5-9-22(17)25-23(28)18(16-24)15-21-8-6-14-27(21)20-12-10-19(11-13-20)26(2)3/h4-15H,1-3H3,(H,25,28)/b18-15-. The quantitative estimate of drug-likeness (QED) is 0.535. The Morgan fingerprint density at radius 3 is 2.43 bits per heavy atom. The smallest absolute Gasteiger partial charge is 0.266 e. The van der Waals surface area contributed by atoms with Gasteiger partial charge in [-0.15, -0.1) is 0 Å². The van der Waals surface area contributed by atoms with Gasteiger partial charge in [0, 0.05) is 43.0 Å². The van der Waals surface area contributed by atoms with E-state index in [4.69, 9.17) is 0 Å². The first kappa shape index (κ1) is 19.0. The van der Waals surface area contributed by atoms with Gasteiger partial charge in [0.25, 0.3) is 5.91 Å². The van der Waals surface area contributed by atoms with Gasteiger partial charge in [0.2, 0.25) is 0 Å². The summed E-state index contributed by atoms with van der Waals surface area (Å²) in [7, 11) is 3.98. The van der Waals surface area contributed by atoms with E-state index in [1.54, 1.807) is 6.08 Å². The predicted molar refractivity (Wildman–Crippen MR) is 113 cm³/mol. The Hall–Kier alpha value is -3.78. The third-order valence-corrected chi connectivity index (χ3v) is 4.48. The first-order valence-electron chi connectivity index (χ1n) is 8.93. The zero-order valence-corrected chi connectivity index (χ0v) is 16.2. The third kappa shape index (κ3) is 4.13. The van der Waals surface area contributed by atoms with E-state index in [-0.39, 0.29) is 5.57 Å². The van der Waals surface area contributed by atoms with Crippen molar-refractivity contribution in [1.29, 1.82) is 5.26 Å².